The monoisotopic (exact) mass is 287 g/mol. The molecule has 0 radical (unpaired) electrons. The van der Waals surface area contributed by atoms with E-state index in [-0.39, 0.29) is 12.1 Å². The third-order valence-corrected chi connectivity index (χ3v) is 3.08. The number of nitrogens with zero attached hydrogens (tertiary/aromatic N) is 2. The van der Waals surface area contributed by atoms with Crippen molar-refractivity contribution in [3.05, 3.63) is 48.0 Å². The molecule has 1 unspecified atom stereocenters. The van der Waals surface area contributed by atoms with E-state index < -0.39 is 0 Å². The fourth-order valence-electron chi connectivity index (χ4n) is 2.23. The molecule has 0 bridgehead atoms. The van der Waals surface area contributed by atoms with Crippen molar-refractivity contribution in [1.82, 2.24) is 15.3 Å². The van der Waals surface area contributed by atoms with Crippen molar-refractivity contribution in [2.75, 3.05) is 14.2 Å². The van der Waals surface area contributed by atoms with Gasteiger partial charge in [-0.3, -0.25) is 9.97 Å². The van der Waals surface area contributed by atoms with Crippen molar-refractivity contribution in [2.24, 2.45) is 0 Å². The smallest absolute Gasteiger partial charge is 0.142 e. The van der Waals surface area contributed by atoms with Gasteiger partial charge in [0.1, 0.15) is 11.5 Å². The second-order valence-electron chi connectivity index (χ2n) is 4.96. The standard InChI is InChI=1S/C16H21N3O2/c1-11(2)21-13-7-12(8-19-9-13)16(17-3)14-5-6-18-10-15(14)20-4/h5-11,16-17H,1-4H3. The van der Waals surface area contributed by atoms with Gasteiger partial charge in [-0.15, -0.1) is 0 Å². The van der Waals surface area contributed by atoms with E-state index in [2.05, 4.69) is 15.3 Å². The summed E-state index contributed by atoms with van der Waals surface area (Å²) in [4.78, 5) is 8.36. The molecule has 0 amide bonds. The first kappa shape index (κ1) is 15.3. The van der Waals surface area contributed by atoms with E-state index in [4.69, 9.17) is 9.47 Å². The van der Waals surface area contributed by atoms with Crippen LogP contribution in [0.5, 0.6) is 11.5 Å². The van der Waals surface area contributed by atoms with Crippen LogP contribution < -0.4 is 14.8 Å². The van der Waals surface area contributed by atoms with Crippen molar-refractivity contribution in [3.8, 4) is 11.5 Å². The molecule has 1 atom stereocenters. The van der Waals surface area contributed by atoms with Crippen molar-refractivity contribution in [1.29, 1.82) is 0 Å². The minimum Gasteiger partial charge on any atom is -0.495 e. The topological polar surface area (TPSA) is 56.3 Å². The molecule has 112 valence electrons. The number of nitrogens with one attached hydrogen (secondary N) is 1. The van der Waals surface area contributed by atoms with Gasteiger partial charge in [0.05, 0.1) is 31.6 Å². The minimum absolute atomic E-state index is 0.0360. The summed E-state index contributed by atoms with van der Waals surface area (Å²) in [5, 5.41) is 3.29. The molecule has 0 saturated heterocycles. The first-order valence-electron chi connectivity index (χ1n) is 6.92. The summed E-state index contributed by atoms with van der Waals surface area (Å²) >= 11 is 0. The molecule has 2 rings (SSSR count). The number of methoxy groups -OCH3 is 1. The van der Waals surface area contributed by atoms with Gasteiger partial charge in [0, 0.05) is 18.0 Å². The molecule has 5 nitrogen and oxygen atoms in total. The highest BCUT2D eigenvalue weighted by molar-refractivity contribution is 5.40. The zero-order valence-corrected chi connectivity index (χ0v) is 12.8. The number of aromatic nitrogens is 2. The highest BCUT2D eigenvalue weighted by Crippen LogP contribution is 2.30. The largest absolute Gasteiger partial charge is 0.495 e. The Morgan fingerprint density at radius 3 is 2.62 bits per heavy atom. The summed E-state index contributed by atoms with van der Waals surface area (Å²) in [5.41, 5.74) is 2.03. The Hall–Kier alpha value is -2.14. The van der Waals surface area contributed by atoms with Crippen LogP contribution in [0.2, 0.25) is 0 Å². The van der Waals surface area contributed by atoms with E-state index in [1.807, 2.05) is 39.2 Å². The van der Waals surface area contributed by atoms with E-state index in [0.29, 0.717) is 0 Å². The van der Waals surface area contributed by atoms with Crippen molar-refractivity contribution in [2.45, 2.75) is 26.0 Å². The van der Waals surface area contributed by atoms with E-state index in [9.17, 15) is 0 Å². The molecule has 2 heterocycles. The molecule has 0 aliphatic carbocycles. The van der Waals surface area contributed by atoms with Crippen molar-refractivity contribution < 1.29 is 9.47 Å². The molecule has 0 fully saturated rings. The summed E-state index contributed by atoms with van der Waals surface area (Å²) in [6, 6.07) is 3.90. The quantitative estimate of drug-likeness (QED) is 0.885. The summed E-state index contributed by atoms with van der Waals surface area (Å²) in [5.74, 6) is 1.50. The Labute approximate surface area is 125 Å². The molecule has 2 aromatic heterocycles. The van der Waals surface area contributed by atoms with E-state index >= 15 is 0 Å². The Bertz CT molecular complexity index is 587. The van der Waals surface area contributed by atoms with Crippen molar-refractivity contribution in [3.63, 3.8) is 0 Å². The number of rotatable bonds is 6. The maximum atomic E-state index is 5.71. The van der Waals surface area contributed by atoms with Gasteiger partial charge in [0.15, 0.2) is 0 Å². The maximum Gasteiger partial charge on any atom is 0.142 e. The highest BCUT2D eigenvalue weighted by Gasteiger charge is 2.17. The molecular formula is C16H21N3O2. The van der Waals surface area contributed by atoms with Crippen LogP contribution in [0.15, 0.2) is 36.9 Å². The lowest BCUT2D eigenvalue weighted by molar-refractivity contribution is 0.241. The highest BCUT2D eigenvalue weighted by atomic mass is 16.5. The van der Waals surface area contributed by atoms with Crippen LogP contribution in [-0.4, -0.2) is 30.2 Å². The van der Waals surface area contributed by atoms with Gasteiger partial charge in [-0.1, -0.05) is 0 Å². The first-order chi connectivity index (χ1) is 10.2. The second-order valence-corrected chi connectivity index (χ2v) is 4.96. The Morgan fingerprint density at radius 1 is 1.14 bits per heavy atom. The fraction of sp³-hybridized carbons (Fsp3) is 0.375. The zero-order chi connectivity index (χ0) is 15.2. The molecule has 2 aromatic rings. The normalized spacial score (nSPS) is 12.2. The number of hydrogen-bond donors (Lipinski definition) is 1. The van der Waals surface area contributed by atoms with Crippen LogP contribution in [0.4, 0.5) is 0 Å². The van der Waals surface area contributed by atoms with Crippen LogP contribution in [0.1, 0.15) is 31.0 Å². The van der Waals surface area contributed by atoms with Gasteiger partial charge in [-0.2, -0.15) is 0 Å². The van der Waals surface area contributed by atoms with E-state index in [0.717, 1.165) is 22.6 Å². The van der Waals surface area contributed by atoms with Gasteiger partial charge in [-0.25, -0.2) is 0 Å². The maximum absolute atomic E-state index is 5.71. The number of ether oxygens (including phenoxy) is 2. The molecule has 0 aliphatic rings. The third kappa shape index (κ3) is 3.70. The Kier molecular flexibility index (Phi) is 5.11. The van der Waals surface area contributed by atoms with Gasteiger partial charge in [-0.05, 0) is 38.6 Å². The third-order valence-electron chi connectivity index (χ3n) is 3.08. The summed E-state index contributed by atoms with van der Waals surface area (Å²) < 4.78 is 11.1. The van der Waals surface area contributed by atoms with Crippen LogP contribution >= 0.6 is 0 Å². The molecule has 0 aliphatic heterocycles. The lowest BCUT2D eigenvalue weighted by atomic mass is 10.0. The Balaban J connectivity index is 2.37. The number of hydrogen-bond acceptors (Lipinski definition) is 5. The lowest BCUT2D eigenvalue weighted by Crippen LogP contribution is -2.19. The SMILES string of the molecule is CNC(c1cncc(OC(C)C)c1)c1ccncc1OC. The second kappa shape index (κ2) is 7.04. The Morgan fingerprint density at radius 2 is 1.95 bits per heavy atom. The lowest BCUT2D eigenvalue weighted by Gasteiger charge is -2.20. The van der Waals surface area contributed by atoms with E-state index in [1.165, 1.54) is 0 Å². The van der Waals surface area contributed by atoms with Gasteiger partial charge >= 0.3 is 0 Å². The summed E-state index contributed by atoms with van der Waals surface area (Å²) in [7, 11) is 3.55. The first-order valence-corrected chi connectivity index (χ1v) is 6.92. The zero-order valence-electron chi connectivity index (χ0n) is 12.8. The summed E-state index contributed by atoms with van der Waals surface area (Å²) in [6.45, 7) is 3.99. The average Bonchev–Trinajstić information content (AvgIpc) is 2.48. The van der Waals surface area contributed by atoms with Crippen molar-refractivity contribution >= 4 is 0 Å². The molecule has 0 aromatic carbocycles. The molecule has 0 spiro atoms. The van der Waals surface area contributed by atoms with Crippen LogP contribution in [0.3, 0.4) is 0 Å². The molecule has 1 N–H and O–H groups in total. The van der Waals surface area contributed by atoms with Gasteiger partial charge in [0.2, 0.25) is 0 Å². The molecular weight excluding hydrogens is 266 g/mol. The van der Waals surface area contributed by atoms with Crippen LogP contribution in [0.25, 0.3) is 0 Å². The molecule has 0 saturated carbocycles. The average molecular weight is 287 g/mol. The number of pyridine rings is 2. The van der Waals surface area contributed by atoms with Gasteiger partial charge < -0.3 is 14.8 Å². The van der Waals surface area contributed by atoms with Gasteiger partial charge in [0.25, 0.3) is 0 Å². The molecule has 5 heteroatoms. The predicted octanol–water partition coefficient (Wildman–Crippen LogP) is 2.58. The van der Waals surface area contributed by atoms with Crippen LogP contribution in [-0.2, 0) is 0 Å². The van der Waals surface area contributed by atoms with Crippen LogP contribution in [0, 0.1) is 0 Å². The molecule has 21 heavy (non-hydrogen) atoms. The summed E-state index contributed by atoms with van der Waals surface area (Å²) in [6.07, 6.45) is 7.13. The fourth-order valence-corrected chi connectivity index (χ4v) is 2.23. The van der Waals surface area contributed by atoms with E-state index in [1.54, 1.807) is 25.7 Å². The predicted molar refractivity (Wildman–Crippen MR) is 81.7 cm³/mol. The minimum atomic E-state index is -0.0360.